The maximum Gasteiger partial charge on any atom is 0.264 e. The van der Waals surface area contributed by atoms with E-state index in [0.29, 0.717) is 6.54 Å². The summed E-state index contributed by atoms with van der Waals surface area (Å²) in [4.78, 5) is 35.2. The molecule has 1 heterocycles. The van der Waals surface area contributed by atoms with E-state index in [1.54, 1.807) is 6.92 Å². The zero-order valence-corrected chi connectivity index (χ0v) is 9.49. The second-order valence-electron chi connectivity index (χ2n) is 3.49. The van der Waals surface area contributed by atoms with E-state index < -0.39 is 17.8 Å². The van der Waals surface area contributed by atoms with Gasteiger partial charge in [0.2, 0.25) is 11.9 Å². The Kier molecular flexibility index (Phi) is 4.40. The molecular weight excluding hydrogens is 210 g/mol. The molecule has 1 saturated heterocycles. The van der Waals surface area contributed by atoms with Crippen LogP contribution in [0.5, 0.6) is 0 Å². The number of nitrogens with zero attached hydrogens (tertiary/aromatic N) is 1. The highest BCUT2D eigenvalue weighted by Gasteiger charge is 2.44. The molecule has 1 fully saturated rings. The summed E-state index contributed by atoms with van der Waals surface area (Å²) in [6.45, 7) is 4.29. The molecule has 0 aromatic heterocycles. The first-order valence-electron chi connectivity index (χ1n) is 5.39. The smallest absolute Gasteiger partial charge is 0.264 e. The van der Waals surface area contributed by atoms with Crippen molar-refractivity contribution in [1.82, 2.24) is 4.90 Å². The van der Waals surface area contributed by atoms with Crippen LogP contribution in [0, 0.1) is 0 Å². The fourth-order valence-corrected chi connectivity index (χ4v) is 1.58. The van der Waals surface area contributed by atoms with Crippen LogP contribution < -0.4 is 0 Å². The molecule has 1 aliphatic heterocycles. The third-order valence-corrected chi connectivity index (χ3v) is 2.40. The number of hydrogen-bond acceptors (Lipinski definition) is 4. The minimum absolute atomic E-state index is 0.197. The molecule has 0 N–H and O–H groups in total. The summed E-state index contributed by atoms with van der Waals surface area (Å²) in [7, 11) is 0. The van der Waals surface area contributed by atoms with Crippen LogP contribution in [0.2, 0.25) is 0 Å². The standard InChI is InChI=1S/C11H15NO4/c1-3-5-6-12-8(7-13)9(14)10(11(12)15)16-4-2/h10H,3-6H2,1-2H3. The number of likely N-dealkylation sites (tertiary alicyclic amines) is 1. The number of unbranched alkanes of at least 4 members (excludes halogenated alkanes) is 1. The summed E-state index contributed by atoms with van der Waals surface area (Å²) in [6.07, 6.45) is 0.477. The first-order valence-corrected chi connectivity index (χ1v) is 5.39. The fourth-order valence-electron chi connectivity index (χ4n) is 1.58. The van der Waals surface area contributed by atoms with Crippen molar-refractivity contribution in [3.63, 3.8) is 0 Å². The average molecular weight is 225 g/mol. The Morgan fingerprint density at radius 3 is 2.56 bits per heavy atom. The van der Waals surface area contributed by atoms with Crippen molar-refractivity contribution in [2.24, 2.45) is 0 Å². The number of carbonyl (C=O) groups is 2. The topological polar surface area (TPSA) is 63.7 Å². The van der Waals surface area contributed by atoms with Gasteiger partial charge in [0.1, 0.15) is 0 Å². The molecule has 1 unspecified atom stereocenters. The predicted molar refractivity (Wildman–Crippen MR) is 56.2 cm³/mol. The van der Waals surface area contributed by atoms with Crippen molar-refractivity contribution < 1.29 is 19.1 Å². The molecule has 0 bridgehead atoms. The molecule has 0 aromatic carbocycles. The summed E-state index contributed by atoms with van der Waals surface area (Å²) in [5.41, 5.74) is -0.197. The molecule has 1 rings (SSSR count). The molecule has 1 aliphatic rings. The molecule has 88 valence electrons. The van der Waals surface area contributed by atoms with Gasteiger partial charge >= 0.3 is 0 Å². The predicted octanol–water partition coefficient (Wildman–Crippen LogP) is 0.318. The van der Waals surface area contributed by atoms with Gasteiger partial charge in [-0.25, -0.2) is 4.79 Å². The highest BCUT2D eigenvalue weighted by Crippen LogP contribution is 2.20. The number of ether oxygens (including phenoxy) is 1. The SMILES string of the molecule is CCCCN1C(=O)C(OCC)C(=O)C1=C=O. The van der Waals surface area contributed by atoms with Gasteiger partial charge in [-0.3, -0.25) is 14.5 Å². The Morgan fingerprint density at radius 1 is 1.38 bits per heavy atom. The second-order valence-corrected chi connectivity index (χ2v) is 3.49. The summed E-state index contributed by atoms with van der Waals surface area (Å²) in [5, 5.41) is 0. The maximum absolute atomic E-state index is 11.8. The van der Waals surface area contributed by atoms with Gasteiger partial charge in [-0.2, -0.15) is 0 Å². The molecule has 0 spiro atoms. The van der Waals surface area contributed by atoms with Crippen LogP contribution in [0.1, 0.15) is 26.7 Å². The Balaban J connectivity index is 2.88. The Hall–Kier alpha value is -1.45. The molecule has 0 saturated carbocycles. The summed E-state index contributed by atoms with van der Waals surface area (Å²) >= 11 is 0. The highest BCUT2D eigenvalue weighted by atomic mass is 16.5. The summed E-state index contributed by atoms with van der Waals surface area (Å²) < 4.78 is 5.03. The first-order chi connectivity index (χ1) is 7.67. The molecule has 5 heteroatoms. The van der Waals surface area contributed by atoms with Gasteiger partial charge in [0.15, 0.2) is 11.6 Å². The number of amides is 1. The normalized spacial score (nSPS) is 20.5. The lowest BCUT2D eigenvalue weighted by molar-refractivity contribution is -0.140. The summed E-state index contributed by atoms with van der Waals surface area (Å²) in [6, 6.07) is 0. The van der Waals surface area contributed by atoms with E-state index in [9.17, 15) is 14.4 Å². The second kappa shape index (κ2) is 5.58. The number of hydrogen-bond donors (Lipinski definition) is 0. The molecule has 0 radical (unpaired) electrons. The minimum Gasteiger partial charge on any atom is -0.360 e. The summed E-state index contributed by atoms with van der Waals surface area (Å²) in [5.74, 6) is 0.517. The van der Waals surface area contributed by atoms with Crippen molar-refractivity contribution in [2.75, 3.05) is 13.2 Å². The van der Waals surface area contributed by atoms with E-state index in [-0.39, 0.29) is 12.3 Å². The quantitative estimate of drug-likeness (QED) is 0.384. The van der Waals surface area contributed by atoms with Gasteiger partial charge in [-0.15, -0.1) is 0 Å². The van der Waals surface area contributed by atoms with Gasteiger partial charge in [0.25, 0.3) is 5.91 Å². The third kappa shape index (κ3) is 2.21. The van der Waals surface area contributed by atoms with Crippen LogP contribution in [0.25, 0.3) is 0 Å². The molecular formula is C11H15NO4. The lowest BCUT2D eigenvalue weighted by Gasteiger charge is -2.14. The highest BCUT2D eigenvalue weighted by molar-refractivity contribution is 6.22. The van der Waals surface area contributed by atoms with Crippen molar-refractivity contribution in [1.29, 1.82) is 0 Å². The Morgan fingerprint density at radius 2 is 2.06 bits per heavy atom. The largest absolute Gasteiger partial charge is 0.360 e. The lowest BCUT2D eigenvalue weighted by atomic mass is 10.2. The monoisotopic (exact) mass is 225 g/mol. The molecule has 0 aromatic rings. The van der Waals surface area contributed by atoms with E-state index in [0.717, 1.165) is 12.8 Å². The number of carbonyl (C=O) groups excluding carboxylic acids is 3. The van der Waals surface area contributed by atoms with Gasteiger partial charge in [0.05, 0.1) is 0 Å². The molecule has 1 amide bonds. The third-order valence-electron chi connectivity index (χ3n) is 2.40. The lowest BCUT2D eigenvalue weighted by Crippen LogP contribution is -2.32. The number of rotatable bonds is 5. The molecule has 5 nitrogen and oxygen atoms in total. The maximum atomic E-state index is 11.8. The van der Waals surface area contributed by atoms with E-state index in [2.05, 4.69) is 0 Å². The fraction of sp³-hybridized carbons (Fsp3) is 0.636. The van der Waals surface area contributed by atoms with Gasteiger partial charge in [0, 0.05) is 13.2 Å². The number of Topliss-reactive ketones (excluding diaryl/α,β-unsaturated/α-hetero) is 1. The number of ketones is 1. The van der Waals surface area contributed by atoms with E-state index in [1.165, 1.54) is 10.8 Å². The van der Waals surface area contributed by atoms with Crippen molar-refractivity contribution in [2.45, 2.75) is 32.8 Å². The van der Waals surface area contributed by atoms with Gasteiger partial charge < -0.3 is 4.74 Å². The van der Waals surface area contributed by atoms with Crippen molar-refractivity contribution in [3.8, 4) is 0 Å². The van der Waals surface area contributed by atoms with Crippen LogP contribution in [-0.2, 0) is 19.1 Å². The molecule has 16 heavy (non-hydrogen) atoms. The first kappa shape index (κ1) is 12.6. The minimum atomic E-state index is -1.14. The molecule has 0 aliphatic carbocycles. The van der Waals surface area contributed by atoms with Crippen LogP contribution in [-0.4, -0.2) is 41.8 Å². The van der Waals surface area contributed by atoms with Crippen molar-refractivity contribution in [3.05, 3.63) is 5.70 Å². The van der Waals surface area contributed by atoms with E-state index >= 15 is 0 Å². The molecule has 1 atom stereocenters. The van der Waals surface area contributed by atoms with Gasteiger partial charge in [-0.05, 0) is 13.3 Å². The Bertz CT molecular complexity index is 344. The van der Waals surface area contributed by atoms with E-state index in [1.807, 2.05) is 6.92 Å². The van der Waals surface area contributed by atoms with Crippen molar-refractivity contribution >= 4 is 17.6 Å². The van der Waals surface area contributed by atoms with Crippen LogP contribution in [0.15, 0.2) is 5.70 Å². The van der Waals surface area contributed by atoms with Gasteiger partial charge in [-0.1, -0.05) is 13.3 Å². The average Bonchev–Trinajstić information content (AvgIpc) is 2.50. The van der Waals surface area contributed by atoms with E-state index in [4.69, 9.17) is 4.74 Å². The Labute approximate surface area is 94.1 Å². The van der Waals surface area contributed by atoms with Crippen LogP contribution >= 0.6 is 0 Å². The zero-order chi connectivity index (χ0) is 12.1. The zero-order valence-electron chi connectivity index (χ0n) is 9.49. The van der Waals surface area contributed by atoms with Crippen LogP contribution in [0.4, 0.5) is 0 Å². The van der Waals surface area contributed by atoms with Crippen LogP contribution in [0.3, 0.4) is 0 Å².